The van der Waals surface area contributed by atoms with Gasteiger partial charge in [-0.15, -0.1) is 0 Å². The Labute approximate surface area is 228 Å². The summed E-state index contributed by atoms with van der Waals surface area (Å²) in [6.07, 6.45) is 11.2. The van der Waals surface area contributed by atoms with E-state index >= 15 is 0 Å². The summed E-state index contributed by atoms with van der Waals surface area (Å²) < 4.78 is 12.8. The van der Waals surface area contributed by atoms with E-state index in [0.717, 1.165) is 34.9 Å². The Hall–Kier alpha value is -2.42. The Morgan fingerprint density at radius 3 is 2.27 bits per heavy atom. The van der Waals surface area contributed by atoms with Gasteiger partial charge in [-0.3, -0.25) is 4.79 Å². The number of hydrogen-bond acceptors (Lipinski definition) is 3. The van der Waals surface area contributed by atoms with Crippen LogP contribution in [-0.2, 0) is 11.2 Å². The average molecular weight is 531 g/mol. The first-order chi connectivity index (χ1) is 17.7. The molecule has 1 saturated heterocycles. The predicted octanol–water partition coefficient (Wildman–Crippen LogP) is 8.22. The fraction of sp³-hybridized carbons (Fsp3) is 0.548. The monoisotopic (exact) mass is 530 g/mol. The van der Waals surface area contributed by atoms with E-state index in [4.69, 9.17) is 26.8 Å². The highest BCUT2D eigenvalue weighted by Crippen LogP contribution is 2.28. The van der Waals surface area contributed by atoms with E-state index in [9.17, 15) is 4.39 Å². The van der Waals surface area contributed by atoms with Gasteiger partial charge < -0.3 is 10.0 Å². The summed E-state index contributed by atoms with van der Waals surface area (Å²) in [4.78, 5) is 11.0. The van der Waals surface area contributed by atoms with Gasteiger partial charge in [0.05, 0.1) is 10.6 Å². The maximum atomic E-state index is 12.8. The van der Waals surface area contributed by atoms with E-state index in [-0.39, 0.29) is 12.3 Å². The van der Waals surface area contributed by atoms with E-state index in [2.05, 4.69) is 11.8 Å². The molecule has 2 aliphatic rings. The first-order valence-corrected chi connectivity index (χ1v) is 13.8. The van der Waals surface area contributed by atoms with Gasteiger partial charge in [-0.25, -0.2) is 4.39 Å². The Bertz CT molecular complexity index is 961. The molecule has 1 saturated carbocycles. The third-order valence-electron chi connectivity index (χ3n) is 6.90. The third-order valence-corrected chi connectivity index (χ3v) is 7.21. The largest absolute Gasteiger partial charge is 0.483 e. The van der Waals surface area contributed by atoms with Crippen molar-refractivity contribution in [3.63, 3.8) is 0 Å². The topological polar surface area (TPSA) is 64.3 Å². The molecule has 1 atom stereocenters. The lowest BCUT2D eigenvalue weighted by atomic mass is 10.0. The molecule has 0 aromatic heterocycles. The molecule has 0 bridgehead atoms. The first kappa shape index (κ1) is 32.6. The van der Waals surface area contributed by atoms with Crippen molar-refractivity contribution in [3.8, 4) is 6.07 Å². The summed E-state index contributed by atoms with van der Waals surface area (Å²) in [5, 5.41) is 15.9. The fourth-order valence-corrected chi connectivity index (χ4v) is 5.09. The summed E-state index contributed by atoms with van der Waals surface area (Å²) in [6, 6.07) is 12.5. The summed E-state index contributed by atoms with van der Waals surface area (Å²) >= 11 is 5.71. The Balaban J connectivity index is 0.000000269. The molecule has 1 heterocycles. The molecular formula is C31H44ClFN2O2. The van der Waals surface area contributed by atoms with E-state index in [1.807, 2.05) is 39.0 Å². The van der Waals surface area contributed by atoms with Gasteiger partial charge in [0.2, 0.25) is 0 Å². The lowest BCUT2D eigenvalue weighted by Gasteiger charge is -2.16. The number of carboxylic acid groups (broad SMARTS) is 1. The number of aryl methyl sites for hydroxylation is 3. The summed E-state index contributed by atoms with van der Waals surface area (Å²) in [5.74, 6) is 1.96. The van der Waals surface area contributed by atoms with Gasteiger partial charge >= 0.3 is 0 Å². The summed E-state index contributed by atoms with van der Waals surface area (Å²) in [5.41, 5.74) is 3.54. The molecule has 204 valence electrons. The molecule has 2 aromatic rings. The van der Waals surface area contributed by atoms with Crippen LogP contribution in [0.4, 0.5) is 4.39 Å². The van der Waals surface area contributed by atoms with Crippen LogP contribution in [-0.4, -0.2) is 36.1 Å². The average Bonchev–Trinajstić information content (AvgIpc) is 3.54. The van der Waals surface area contributed by atoms with E-state index in [1.54, 1.807) is 18.2 Å². The second-order valence-corrected chi connectivity index (χ2v) is 10.5. The number of carbonyl (C=O) groups is 1. The SMILES string of the molecule is CC1CCN(CCCC2CCCC2)C1.CCc1cc(C)ccc1F.Cc1ccc(C#N)c(Cl)c1.O=CO. The van der Waals surface area contributed by atoms with Gasteiger partial charge in [0.25, 0.3) is 6.47 Å². The molecule has 2 aromatic carbocycles. The highest BCUT2D eigenvalue weighted by Gasteiger charge is 2.19. The van der Waals surface area contributed by atoms with Crippen molar-refractivity contribution >= 4 is 18.1 Å². The van der Waals surface area contributed by atoms with Crippen molar-refractivity contribution in [1.82, 2.24) is 4.90 Å². The lowest BCUT2D eigenvalue weighted by molar-refractivity contribution is -0.122. The van der Waals surface area contributed by atoms with Crippen LogP contribution in [0.25, 0.3) is 0 Å². The normalized spacial score (nSPS) is 16.8. The van der Waals surface area contributed by atoms with Crippen LogP contribution in [0.3, 0.4) is 0 Å². The Morgan fingerprint density at radius 2 is 1.76 bits per heavy atom. The zero-order valence-electron chi connectivity index (χ0n) is 23.0. The molecule has 1 N–H and O–H groups in total. The molecule has 1 unspecified atom stereocenters. The first-order valence-electron chi connectivity index (χ1n) is 13.4. The smallest absolute Gasteiger partial charge is 0.290 e. The number of nitrogens with zero attached hydrogens (tertiary/aromatic N) is 2. The Kier molecular flexibility index (Phi) is 16.5. The maximum Gasteiger partial charge on any atom is 0.290 e. The maximum absolute atomic E-state index is 12.8. The van der Waals surface area contributed by atoms with Crippen molar-refractivity contribution < 1.29 is 14.3 Å². The van der Waals surface area contributed by atoms with Crippen LogP contribution in [0.5, 0.6) is 0 Å². The molecule has 6 heteroatoms. The van der Waals surface area contributed by atoms with Gasteiger partial charge in [-0.2, -0.15) is 5.26 Å². The van der Waals surface area contributed by atoms with Crippen LogP contribution < -0.4 is 0 Å². The highest BCUT2D eigenvalue weighted by atomic mass is 35.5. The van der Waals surface area contributed by atoms with Crippen LogP contribution in [0, 0.1) is 42.8 Å². The Morgan fingerprint density at radius 1 is 1.14 bits per heavy atom. The van der Waals surface area contributed by atoms with E-state index in [1.165, 1.54) is 70.6 Å². The van der Waals surface area contributed by atoms with Crippen LogP contribution in [0.2, 0.25) is 5.02 Å². The molecule has 0 spiro atoms. The van der Waals surface area contributed by atoms with Crippen molar-refractivity contribution in [1.29, 1.82) is 5.26 Å². The number of halogens is 2. The quantitative estimate of drug-likeness (QED) is 0.395. The van der Waals surface area contributed by atoms with Crippen molar-refractivity contribution in [2.24, 2.45) is 11.8 Å². The molecule has 4 nitrogen and oxygen atoms in total. The number of rotatable bonds is 5. The van der Waals surface area contributed by atoms with Crippen molar-refractivity contribution in [3.05, 3.63) is 69.5 Å². The summed E-state index contributed by atoms with van der Waals surface area (Å²) in [6.45, 7) is 12.1. The van der Waals surface area contributed by atoms with Crippen molar-refractivity contribution in [2.75, 3.05) is 19.6 Å². The minimum atomic E-state index is -0.250. The van der Waals surface area contributed by atoms with Crippen LogP contribution in [0.1, 0.15) is 81.0 Å². The zero-order valence-corrected chi connectivity index (χ0v) is 23.7. The zero-order chi connectivity index (χ0) is 27.6. The van der Waals surface area contributed by atoms with Crippen LogP contribution >= 0.6 is 11.6 Å². The molecule has 1 aliphatic heterocycles. The van der Waals surface area contributed by atoms with Gasteiger partial charge in [0.1, 0.15) is 11.9 Å². The number of hydrogen-bond donors (Lipinski definition) is 1. The number of nitriles is 1. The third kappa shape index (κ3) is 13.6. The minimum absolute atomic E-state index is 0.0897. The van der Waals surface area contributed by atoms with Gasteiger partial charge in [0.15, 0.2) is 0 Å². The van der Waals surface area contributed by atoms with Gasteiger partial charge in [0, 0.05) is 6.54 Å². The van der Waals surface area contributed by atoms with Crippen LogP contribution in [0.15, 0.2) is 36.4 Å². The second kappa shape index (κ2) is 18.8. The van der Waals surface area contributed by atoms with E-state index in [0.29, 0.717) is 10.6 Å². The molecule has 4 rings (SSSR count). The molecule has 2 fully saturated rings. The number of benzene rings is 2. The minimum Gasteiger partial charge on any atom is -0.483 e. The van der Waals surface area contributed by atoms with Gasteiger partial charge in [-0.05, 0) is 93.8 Å². The predicted molar refractivity (Wildman–Crippen MR) is 152 cm³/mol. The highest BCUT2D eigenvalue weighted by molar-refractivity contribution is 6.31. The lowest BCUT2D eigenvalue weighted by Crippen LogP contribution is -2.21. The fourth-order valence-electron chi connectivity index (χ4n) is 4.82. The molecular weight excluding hydrogens is 487 g/mol. The molecule has 1 aliphatic carbocycles. The molecule has 0 amide bonds. The van der Waals surface area contributed by atoms with Crippen molar-refractivity contribution in [2.45, 2.75) is 79.1 Å². The molecule has 0 radical (unpaired) electrons. The van der Waals surface area contributed by atoms with E-state index < -0.39 is 0 Å². The summed E-state index contributed by atoms with van der Waals surface area (Å²) in [7, 11) is 0. The number of likely N-dealkylation sites (tertiary alicyclic amines) is 1. The second-order valence-electron chi connectivity index (χ2n) is 10.1. The standard InChI is InChI=1S/C13H25N.C9H11F.C8H6ClN.CH2O2/c1-12-8-10-14(11-12)9-4-7-13-5-2-3-6-13;1-3-8-6-7(2)4-5-9(8)10;1-6-2-3-7(5-10)8(9)4-6;2-1-3/h12-13H,2-11H2,1H3;4-6H,3H2,1-2H3;2-4H,1H3;1H,(H,2,3). The molecule has 37 heavy (non-hydrogen) atoms. The van der Waals surface area contributed by atoms with Gasteiger partial charge in [-0.1, -0.05) is 74.9 Å².